The quantitative estimate of drug-likeness (QED) is 0.379. The summed E-state index contributed by atoms with van der Waals surface area (Å²) in [5.41, 5.74) is 0.593. The largest absolute Gasteiger partial charge is 0.544 e. The van der Waals surface area contributed by atoms with Gasteiger partial charge in [0.15, 0.2) is 0 Å². The first-order valence-electron chi connectivity index (χ1n) is 8.29. The van der Waals surface area contributed by atoms with E-state index in [2.05, 4.69) is 10.6 Å². The van der Waals surface area contributed by atoms with Crippen LogP contribution in [0.4, 0.5) is 5.69 Å². The number of quaternary nitrogens is 3. The molecule has 1 heterocycles. The summed E-state index contributed by atoms with van der Waals surface area (Å²) in [6.07, 6.45) is -0.117. The van der Waals surface area contributed by atoms with Crippen LogP contribution in [0.1, 0.15) is 6.42 Å². The summed E-state index contributed by atoms with van der Waals surface area (Å²) in [5, 5.41) is 18.5. The van der Waals surface area contributed by atoms with Gasteiger partial charge in [0.1, 0.15) is 45.3 Å². The van der Waals surface area contributed by atoms with E-state index in [1.807, 2.05) is 0 Å². The number of halogens is 1. The molecule has 1 atom stereocenters. The van der Waals surface area contributed by atoms with E-state index in [1.165, 1.54) is 4.90 Å². The molecular formula is C16H25ClN4O3+2. The number of nitrogens with two attached hydrogens (primary N) is 2. The molecule has 132 valence electrons. The zero-order valence-corrected chi connectivity index (χ0v) is 14.3. The molecule has 6 N–H and O–H groups in total. The maximum atomic E-state index is 12.0. The Bertz CT molecular complexity index is 547. The molecule has 1 fully saturated rings. The van der Waals surface area contributed by atoms with Gasteiger partial charge in [-0.15, -0.1) is 0 Å². The molecule has 0 aliphatic carbocycles. The molecular weight excluding hydrogens is 332 g/mol. The molecule has 0 aromatic heterocycles. The van der Waals surface area contributed by atoms with E-state index in [4.69, 9.17) is 11.6 Å². The summed E-state index contributed by atoms with van der Waals surface area (Å²) in [5.74, 6) is -1.55. The third-order valence-corrected chi connectivity index (χ3v) is 4.44. The molecule has 0 radical (unpaired) electrons. The number of aliphatic carboxylic acids is 1. The number of hydrogen-bond donors (Lipinski definition) is 4. The molecule has 2 rings (SSSR count). The second-order valence-corrected chi connectivity index (χ2v) is 6.51. The number of piperazine rings is 1. The van der Waals surface area contributed by atoms with Crippen LogP contribution < -0.4 is 26.0 Å². The number of amides is 1. The van der Waals surface area contributed by atoms with Crippen LogP contribution in [0.25, 0.3) is 0 Å². The van der Waals surface area contributed by atoms with Crippen molar-refractivity contribution < 1.29 is 30.2 Å². The summed E-state index contributed by atoms with van der Waals surface area (Å²) in [7, 11) is 0. The highest BCUT2D eigenvalue weighted by Crippen LogP contribution is 2.13. The lowest BCUT2D eigenvalue weighted by atomic mass is 10.2. The Kier molecular flexibility index (Phi) is 7.45. The van der Waals surface area contributed by atoms with Crippen molar-refractivity contribution in [3.05, 3.63) is 29.3 Å². The molecule has 0 spiro atoms. The number of benzene rings is 1. The Labute approximate surface area is 146 Å². The van der Waals surface area contributed by atoms with Crippen LogP contribution >= 0.6 is 11.6 Å². The monoisotopic (exact) mass is 356 g/mol. The zero-order chi connectivity index (χ0) is 17.4. The maximum Gasteiger partial charge on any atom is 0.230 e. The van der Waals surface area contributed by atoms with Gasteiger partial charge in [-0.05, 0) is 24.3 Å². The second kappa shape index (κ2) is 9.58. The van der Waals surface area contributed by atoms with E-state index < -0.39 is 12.0 Å². The van der Waals surface area contributed by atoms with Crippen LogP contribution in [0.2, 0.25) is 5.02 Å². The van der Waals surface area contributed by atoms with E-state index in [0.29, 0.717) is 17.3 Å². The first-order chi connectivity index (χ1) is 11.5. The van der Waals surface area contributed by atoms with Gasteiger partial charge in [0, 0.05) is 10.7 Å². The number of nitrogens with one attached hydrogen (secondary N) is 2. The van der Waals surface area contributed by atoms with Crippen molar-refractivity contribution in [2.45, 2.75) is 12.5 Å². The van der Waals surface area contributed by atoms with Gasteiger partial charge in [-0.3, -0.25) is 4.79 Å². The van der Waals surface area contributed by atoms with Crippen molar-refractivity contribution in [3.63, 3.8) is 0 Å². The molecule has 1 amide bonds. The standard InChI is InChI=1S/C16H23ClN4O3/c17-12-1-3-13(4-2-12)20-15(22)11-14(16(23)24)19-7-10-21-8-5-18-6-9-21/h1-4,14,18-19H,5-11H2,(H,20,22)(H,23,24)/p+2/t14-/m0/s1. The Morgan fingerprint density at radius 1 is 1.29 bits per heavy atom. The van der Waals surface area contributed by atoms with E-state index in [9.17, 15) is 14.7 Å². The number of carbonyl (C=O) groups is 2. The van der Waals surface area contributed by atoms with Crippen molar-refractivity contribution in [1.82, 2.24) is 0 Å². The predicted octanol–water partition coefficient (Wildman–Crippen LogP) is -4.19. The fourth-order valence-electron chi connectivity index (χ4n) is 2.83. The highest BCUT2D eigenvalue weighted by molar-refractivity contribution is 6.30. The number of carbonyl (C=O) groups excluding carboxylic acids is 2. The number of hydrogen-bond acceptors (Lipinski definition) is 3. The van der Waals surface area contributed by atoms with Gasteiger partial charge in [0.2, 0.25) is 5.91 Å². The summed E-state index contributed by atoms with van der Waals surface area (Å²) in [4.78, 5) is 24.8. The van der Waals surface area contributed by atoms with E-state index >= 15 is 0 Å². The predicted molar refractivity (Wildman–Crippen MR) is 87.5 cm³/mol. The zero-order valence-electron chi connectivity index (χ0n) is 13.6. The van der Waals surface area contributed by atoms with Gasteiger partial charge in [-0.25, -0.2) is 0 Å². The van der Waals surface area contributed by atoms with Gasteiger partial charge >= 0.3 is 0 Å². The first kappa shape index (κ1) is 18.7. The van der Waals surface area contributed by atoms with Crippen LogP contribution in [0.3, 0.4) is 0 Å². The molecule has 1 aromatic carbocycles. The molecule has 1 aliphatic heterocycles. The number of carboxylic acid groups (broad SMARTS) is 1. The minimum absolute atomic E-state index is 0.117. The summed E-state index contributed by atoms with van der Waals surface area (Å²) in [6, 6.07) is 5.81. The van der Waals surface area contributed by atoms with E-state index in [1.54, 1.807) is 29.6 Å². The minimum Gasteiger partial charge on any atom is -0.544 e. The summed E-state index contributed by atoms with van der Waals surface area (Å²) in [6.45, 7) is 5.99. The van der Waals surface area contributed by atoms with Gasteiger partial charge in [0.25, 0.3) is 0 Å². The Morgan fingerprint density at radius 2 is 1.96 bits per heavy atom. The Hall–Kier alpha value is -1.67. The molecule has 0 unspecified atom stereocenters. The van der Waals surface area contributed by atoms with E-state index in [0.717, 1.165) is 32.7 Å². The topological polar surface area (TPSA) is 107 Å². The lowest BCUT2D eigenvalue weighted by Crippen LogP contribution is -3.22. The lowest BCUT2D eigenvalue weighted by Gasteiger charge is -2.22. The number of rotatable bonds is 8. The number of anilines is 1. The normalized spacial score (nSPS) is 16.5. The fourth-order valence-corrected chi connectivity index (χ4v) is 2.95. The van der Waals surface area contributed by atoms with Crippen molar-refractivity contribution in [2.24, 2.45) is 0 Å². The van der Waals surface area contributed by atoms with Gasteiger partial charge in [-0.2, -0.15) is 0 Å². The average molecular weight is 357 g/mol. The third kappa shape index (κ3) is 6.45. The van der Waals surface area contributed by atoms with Crippen LogP contribution in [0, 0.1) is 0 Å². The van der Waals surface area contributed by atoms with Crippen LogP contribution in [0.5, 0.6) is 0 Å². The van der Waals surface area contributed by atoms with Crippen molar-refractivity contribution in [1.29, 1.82) is 0 Å². The average Bonchev–Trinajstić information content (AvgIpc) is 2.57. The van der Waals surface area contributed by atoms with Gasteiger partial charge in [0.05, 0.1) is 12.4 Å². The Balaban J connectivity index is 1.76. The third-order valence-electron chi connectivity index (χ3n) is 4.19. The van der Waals surface area contributed by atoms with Crippen LogP contribution in [-0.4, -0.2) is 57.2 Å². The smallest absolute Gasteiger partial charge is 0.230 e. The molecule has 1 aromatic rings. The van der Waals surface area contributed by atoms with Gasteiger partial charge < -0.3 is 30.8 Å². The van der Waals surface area contributed by atoms with Gasteiger partial charge in [-0.1, -0.05) is 11.6 Å². The summed E-state index contributed by atoms with van der Waals surface area (Å²) < 4.78 is 0. The molecule has 1 saturated heterocycles. The SMILES string of the molecule is O=C(C[C@H]([NH2+]CC[NH+]1CC[NH2+]CC1)C(=O)[O-])Nc1ccc(Cl)cc1. The minimum atomic E-state index is -1.21. The van der Waals surface area contributed by atoms with Crippen LogP contribution in [-0.2, 0) is 9.59 Å². The Morgan fingerprint density at radius 3 is 2.58 bits per heavy atom. The molecule has 8 heteroatoms. The van der Waals surface area contributed by atoms with Crippen molar-refractivity contribution in [2.75, 3.05) is 44.6 Å². The van der Waals surface area contributed by atoms with Crippen molar-refractivity contribution >= 4 is 29.2 Å². The molecule has 1 aliphatic rings. The number of carboxylic acids is 1. The highest BCUT2D eigenvalue weighted by atomic mass is 35.5. The van der Waals surface area contributed by atoms with Crippen LogP contribution in [0.15, 0.2) is 24.3 Å². The fraction of sp³-hybridized carbons (Fsp3) is 0.500. The second-order valence-electron chi connectivity index (χ2n) is 6.08. The van der Waals surface area contributed by atoms with E-state index in [-0.39, 0.29) is 12.3 Å². The lowest BCUT2D eigenvalue weighted by molar-refractivity contribution is -0.955. The molecule has 0 saturated carbocycles. The maximum absolute atomic E-state index is 12.0. The molecule has 24 heavy (non-hydrogen) atoms. The first-order valence-corrected chi connectivity index (χ1v) is 8.67. The van der Waals surface area contributed by atoms with Crippen molar-refractivity contribution in [3.8, 4) is 0 Å². The highest BCUT2D eigenvalue weighted by Gasteiger charge is 2.21. The summed E-state index contributed by atoms with van der Waals surface area (Å²) >= 11 is 5.79. The molecule has 0 bridgehead atoms. The molecule has 7 nitrogen and oxygen atoms in total.